The van der Waals surface area contributed by atoms with E-state index in [1.165, 1.54) is 18.2 Å². The van der Waals surface area contributed by atoms with Gasteiger partial charge in [0.15, 0.2) is 11.6 Å². The van der Waals surface area contributed by atoms with Crippen molar-refractivity contribution < 1.29 is 35.8 Å². The van der Waals surface area contributed by atoms with E-state index in [9.17, 15) is 22.0 Å². The molecule has 4 aromatic rings. The third-order valence-electron chi connectivity index (χ3n) is 6.54. The van der Waals surface area contributed by atoms with Crippen molar-refractivity contribution in [2.24, 2.45) is 0 Å². The molecule has 0 amide bonds. The molecule has 0 N–H and O–H groups in total. The lowest BCUT2D eigenvalue weighted by molar-refractivity contribution is -0.0522. The van der Waals surface area contributed by atoms with E-state index in [0.29, 0.717) is 41.3 Å². The highest BCUT2D eigenvalue weighted by Crippen LogP contribution is 2.27. The molecule has 0 saturated carbocycles. The summed E-state index contributed by atoms with van der Waals surface area (Å²) >= 11 is 0. The van der Waals surface area contributed by atoms with Crippen LogP contribution in [0.25, 0.3) is 10.8 Å². The second-order valence-electron chi connectivity index (χ2n) is 9.30. The Balaban J connectivity index is 1.41. The van der Waals surface area contributed by atoms with Crippen molar-refractivity contribution in [3.05, 3.63) is 106 Å². The summed E-state index contributed by atoms with van der Waals surface area (Å²) in [6, 6.07) is 14.6. The number of benzene rings is 4. The molecule has 0 atom stereocenters. The number of aryl methyl sites for hydroxylation is 3. The topological polar surface area (TPSA) is 18.5 Å². The minimum absolute atomic E-state index is 0.0234. The molecule has 0 spiro atoms. The van der Waals surface area contributed by atoms with Crippen molar-refractivity contribution in [1.29, 1.82) is 0 Å². The normalized spacial score (nSPS) is 11.4. The Bertz CT molecular complexity index is 1410. The van der Waals surface area contributed by atoms with Crippen molar-refractivity contribution in [3.63, 3.8) is 0 Å². The predicted octanol–water partition coefficient (Wildman–Crippen LogP) is 8.75. The van der Waals surface area contributed by atoms with Crippen molar-refractivity contribution >= 4 is 10.8 Å². The molecule has 8 heteroatoms. The van der Waals surface area contributed by atoms with Crippen LogP contribution in [0.5, 0.6) is 11.5 Å². The van der Waals surface area contributed by atoms with Gasteiger partial charge in [0, 0.05) is 23.1 Å². The second-order valence-corrected chi connectivity index (χ2v) is 9.30. The average Bonchev–Trinajstić information content (AvgIpc) is 2.89. The summed E-state index contributed by atoms with van der Waals surface area (Å²) in [6.45, 7) is -0.728. The SMILES string of the molecule is CCCCOc1cc(F)c(CCc2ccc3c(F)c(CCc4ccc(OC(F)F)c(F)c4)ccc3c2)c(F)c1. The van der Waals surface area contributed by atoms with Gasteiger partial charge in [0.05, 0.1) is 6.61 Å². The Kier molecular flexibility index (Phi) is 9.38. The standard InChI is InChI=1S/C31H28F6O2/c1-2-3-14-38-23-17-26(32)25(27(33)18-23)12-6-19-5-11-24-22(15-19)10-9-21(30(24)35)8-4-20-7-13-29(28(34)16-20)39-31(36)37/h5,7,9-11,13,15-18,31H,2-4,6,8,12,14H2,1H3. The molecule has 39 heavy (non-hydrogen) atoms. The van der Waals surface area contributed by atoms with Crippen LogP contribution in [0.3, 0.4) is 0 Å². The molecule has 0 radical (unpaired) electrons. The Morgan fingerprint density at radius 2 is 1.41 bits per heavy atom. The molecule has 4 rings (SSSR count). The molecule has 0 saturated heterocycles. The molecule has 4 aromatic carbocycles. The van der Waals surface area contributed by atoms with Gasteiger partial charge in [0.2, 0.25) is 0 Å². The first-order chi connectivity index (χ1) is 18.7. The zero-order chi connectivity index (χ0) is 27.9. The van der Waals surface area contributed by atoms with Gasteiger partial charge in [-0.15, -0.1) is 0 Å². The van der Waals surface area contributed by atoms with E-state index in [2.05, 4.69) is 4.74 Å². The average molecular weight is 547 g/mol. The first kappa shape index (κ1) is 28.3. The van der Waals surface area contributed by atoms with Crippen LogP contribution in [0.15, 0.2) is 60.7 Å². The lowest BCUT2D eigenvalue weighted by Crippen LogP contribution is -2.04. The molecule has 0 aromatic heterocycles. The van der Waals surface area contributed by atoms with Gasteiger partial charge in [-0.25, -0.2) is 17.6 Å². The number of ether oxygens (including phenoxy) is 2. The van der Waals surface area contributed by atoms with Crippen LogP contribution < -0.4 is 9.47 Å². The summed E-state index contributed by atoms with van der Waals surface area (Å²) in [5, 5.41) is 1.04. The predicted molar refractivity (Wildman–Crippen MR) is 139 cm³/mol. The minimum atomic E-state index is -3.12. The van der Waals surface area contributed by atoms with Crippen LogP contribution in [0.2, 0.25) is 0 Å². The molecule has 0 fully saturated rings. The van der Waals surface area contributed by atoms with Crippen molar-refractivity contribution in [1.82, 2.24) is 0 Å². The zero-order valence-electron chi connectivity index (χ0n) is 21.4. The monoisotopic (exact) mass is 546 g/mol. The second kappa shape index (κ2) is 12.9. The van der Waals surface area contributed by atoms with Gasteiger partial charge in [-0.05, 0) is 66.3 Å². The maximum Gasteiger partial charge on any atom is 0.387 e. The van der Waals surface area contributed by atoms with E-state index in [1.54, 1.807) is 30.3 Å². The van der Waals surface area contributed by atoms with Gasteiger partial charge in [0.25, 0.3) is 0 Å². The number of hydrogen-bond donors (Lipinski definition) is 0. The van der Waals surface area contributed by atoms with Gasteiger partial charge in [0.1, 0.15) is 23.2 Å². The molecule has 0 aliphatic heterocycles. The van der Waals surface area contributed by atoms with Gasteiger partial charge in [-0.3, -0.25) is 0 Å². The first-order valence-corrected chi connectivity index (χ1v) is 12.8. The number of hydrogen-bond acceptors (Lipinski definition) is 2. The van der Waals surface area contributed by atoms with Crippen LogP contribution in [0.4, 0.5) is 26.3 Å². The van der Waals surface area contributed by atoms with Crippen LogP contribution in [-0.4, -0.2) is 13.2 Å². The minimum Gasteiger partial charge on any atom is -0.493 e. The maximum atomic E-state index is 15.2. The third kappa shape index (κ3) is 7.25. The molecule has 0 aliphatic rings. The molecule has 0 heterocycles. The maximum absolute atomic E-state index is 15.2. The summed E-state index contributed by atoms with van der Waals surface area (Å²) in [5.74, 6) is -3.01. The Labute approximate surface area is 223 Å². The summed E-state index contributed by atoms with van der Waals surface area (Å²) < 4.78 is 92.4. The number of halogens is 6. The van der Waals surface area contributed by atoms with E-state index in [1.807, 2.05) is 6.92 Å². The van der Waals surface area contributed by atoms with Crippen molar-refractivity contribution in [3.8, 4) is 11.5 Å². The molecule has 206 valence electrons. The number of rotatable bonds is 12. The molecular weight excluding hydrogens is 518 g/mol. The van der Waals surface area contributed by atoms with Crippen LogP contribution in [0.1, 0.15) is 42.0 Å². The number of unbranched alkanes of at least 4 members (excludes halogenated alkanes) is 1. The van der Waals surface area contributed by atoms with Gasteiger partial charge in [-0.2, -0.15) is 8.78 Å². The number of fused-ring (bicyclic) bond motifs is 1. The molecule has 2 nitrogen and oxygen atoms in total. The van der Waals surface area contributed by atoms with Crippen LogP contribution in [0, 0.1) is 23.3 Å². The van der Waals surface area contributed by atoms with E-state index in [0.717, 1.165) is 30.5 Å². The van der Waals surface area contributed by atoms with Gasteiger partial charge >= 0.3 is 6.61 Å². The van der Waals surface area contributed by atoms with Gasteiger partial charge in [-0.1, -0.05) is 49.7 Å². The van der Waals surface area contributed by atoms with Crippen LogP contribution >= 0.6 is 0 Å². The van der Waals surface area contributed by atoms with E-state index < -0.39 is 35.6 Å². The summed E-state index contributed by atoms with van der Waals surface area (Å²) in [5.41, 5.74) is 1.72. The fourth-order valence-electron chi connectivity index (χ4n) is 4.41. The lowest BCUT2D eigenvalue weighted by atomic mass is 9.97. The largest absolute Gasteiger partial charge is 0.493 e. The molecule has 0 unspecified atom stereocenters. The Morgan fingerprint density at radius 1 is 0.718 bits per heavy atom. The highest BCUT2D eigenvalue weighted by atomic mass is 19.3. The highest BCUT2D eigenvalue weighted by molar-refractivity contribution is 5.84. The summed E-state index contributed by atoms with van der Waals surface area (Å²) in [6.07, 6.45) is 2.78. The van der Waals surface area contributed by atoms with Crippen LogP contribution in [-0.2, 0) is 25.7 Å². The molecule has 0 aliphatic carbocycles. The molecular formula is C31H28F6O2. The zero-order valence-corrected chi connectivity index (χ0v) is 21.4. The fourth-order valence-corrected chi connectivity index (χ4v) is 4.41. The highest BCUT2D eigenvalue weighted by Gasteiger charge is 2.14. The Morgan fingerprint density at radius 3 is 2.10 bits per heavy atom. The summed E-state index contributed by atoms with van der Waals surface area (Å²) in [7, 11) is 0. The fraction of sp³-hybridized carbons (Fsp3) is 0.290. The van der Waals surface area contributed by atoms with E-state index in [-0.39, 0.29) is 24.2 Å². The van der Waals surface area contributed by atoms with Gasteiger partial charge < -0.3 is 9.47 Å². The first-order valence-electron chi connectivity index (χ1n) is 12.8. The Hall–Kier alpha value is -3.68. The van der Waals surface area contributed by atoms with Crippen molar-refractivity contribution in [2.45, 2.75) is 52.1 Å². The quantitative estimate of drug-likeness (QED) is 0.131. The third-order valence-corrected chi connectivity index (χ3v) is 6.54. The van der Waals surface area contributed by atoms with E-state index >= 15 is 4.39 Å². The number of alkyl halides is 2. The summed E-state index contributed by atoms with van der Waals surface area (Å²) in [4.78, 5) is 0. The smallest absolute Gasteiger partial charge is 0.387 e. The van der Waals surface area contributed by atoms with Crippen molar-refractivity contribution in [2.75, 3.05) is 6.61 Å². The van der Waals surface area contributed by atoms with E-state index in [4.69, 9.17) is 4.74 Å². The molecule has 0 bridgehead atoms. The lowest BCUT2D eigenvalue weighted by Gasteiger charge is -2.11.